The molecule has 1 aliphatic rings. The predicted molar refractivity (Wildman–Crippen MR) is 113 cm³/mol. The maximum absolute atomic E-state index is 13.7. The van der Waals surface area contributed by atoms with Crippen LogP contribution in [0, 0.1) is 11.7 Å². The summed E-state index contributed by atoms with van der Waals surface area (Å²) in [6, 6.07) is 12.3. The molecule has 8 heteroatoms. The summed E-state index contributed by atoms with van der Waals surface area (Å²) in [5.74, 6) is -2.87. The summed E-state index contributed by atoms with van der Waals surface area (Å²) in [5, 5.41) is 5.45. The first kappa shape index (κ1) is 20.7. The van der Waals surface area contributed by atoms with E-state index in [1.54, 1.807) is 36.7 Å². The van der Waals surface area contributed by atoms with Crippen molar-refractivity contribution in [2.75, 3.05) is 5.32 Å². The average Bonchev–Trinajstić information content (AvgIpc) is 2.78. The van der Waals surface area contributed by atoms with Crippen LogP contribution >= 0.6 is 11.6 Å². The number of fused-ring (bicyclic) bond motifs is 1. The summed E-state index contributed by atoms with van der Waals surface area (Å²) in [5.41, 5.74) is 2.26. The Kier molecular flexibility index (Phi) is 5.77. The van der Waals surface area contributed by atoms with Crippen LogP contribution in [0.15, 0.2) is 60.9 Å². The van der Waals surface area contributed by atoms with Gasteiger partial charge in [-0.05, 0) is 60.0 Å². The fourth-order valence-corrected chi connectivity index (χ4v) is 3.52. The van der Waals surface area contributed by atoms with Crippen LogP contribution in [0.4, 0.5) is 10.1 Å². The molecule has 2 amide bonds. The molecule has 2 aromatic carbocycles. The summed E-state index contributed by atoms with van der Waals surface area (Å²) in [7, 11) is 0. The molecule has 0 saturated carbocycles. The van der Waals surface area contributed by atoms with Crippen molar-refractivity contribution in [3.05, 3.63) is 94.0 Å². The number of carbonyl (C=O) groups excluding carboxylic acids is 3. The zero-order valence-corrected chi connectivity index (χ0v) is 16.9. The number of hydrogen-bond acceptors (Lipinski definition) is 4. The molecule has 2 N–H and O–H groups in total. The number of benzene rings is 2. The molecule has 0 bridgehead atoms. The Labute approximate surface area is 182 Å². The van der Waals surface area contributed by atoms with E-state index in [1.165, 1.54) is 24.3 Å². The van der Waals surface area contributed by atoms with Gasteiger partial charge in [-0.2, -0.15) is 0 Å². The molecule has 0 radical (unpaired) electrons. The summed E-state index contributed by atoms with van der Waals surface area (Å²) in [4.78, 5) is 41.9. The van der Waals surface area contributed by atoms with E-state index >= 15 is 0 Å². The first-order valence-corrected chi connectivity index (χ1v) is 9.90. The van der Waals surface area contributed by atoms with Crippen molar-refractivity contribution in [3.8, 4) is 0 Å². The molecule has 1 unspecified atom stereocenters. The second kappa shape index (κ2) is 8.65. The second-order valence-corrected chi connectivity index (χ2v) is 7.56. The summed E-state index contributed by atoms with van der Waals surface area (Å²) >= 11 is 5.70. The summed E-state index contributed by atoms with van der Waals surface area (Å²) < 4.78 is 13.7. The number of Topliss-reactive ketones (excluding diaryl/α,β-unsaturated/α-hetero) is 1. The highest BCUT2D eigenvalue weighted by molar-refractivity contribution is 6.30. The van der Waals surface area contributed by atoms with Crippen molar-refractivity contribution in [1.82, 2.24) is 10.3 Å². The molecule has 0 aliphatic carbocycles. The number of nitrogens with zero attached hydrogens (tertiary/aromatic N) is 1. The van der Waals surface area contributed by atoms with Gasteiger partial charge in [-0.15, -0.1) is 0 Å². The van der Waals surface area contributed by atoms with Gasteiger partial charge in [0.15, 0.2) is 5.78 Å². The number of anilines is 1. The number of hydrogen-bond donors (Lipinski definition) is 2. The Morgan fingerprint density at radius 2 is 1.84 bits per heavy atom. The smallest absolute Gasteiger partial charge is 0.251 e. The zero-order chi connectivity index (χ0) is 22.0. The fourth-order valence-electron chi connectivity index (χ4n) is 3.40. The van der Waals surface area contributed by atoms with Crippen molar-refractivity contribution in [3.63, 3.8) is 0 Å². The highest BCUT2D eigenvalue weighted by atomic mass is 35.5. The van der Waals surface area contributed by atoms with Crippen molar-refractivity contribution in [1.29, 1.82) is 0 Å². The third-order valence-corrected chi connectivity index (χ3v) is 5.37. The molecule has 0 saturated heterocycles. The molecular formula is C23H17ClFN3O3. The van der Waals surface area contributed by atoms with Crippen molar-refractivity contribution in [2.45, 2.75) is 13.0 Å². The molecule has 1 aliphatic heterocycles. The van der Waals surface area contributed by atoms with E-state index in [4.69, 9.17) is 11.6 Å². The van der Waals surface area contributed by atoms with Crippen LogP contribution in [0.5, 0.6) is 0 Å². The van der Waals surface area contributed by atoms with Gasteiger partial charge in [0.25, 0.3) is 5.91 Å². The number of rotatable bonds is 5. The summed E-state index contributed by atoms with van der Waals surface area (Å²) in [6.07, 6.45) is 3.29. The molecule has 4 rings (SSSR count). The van der Waals surface area contributed by atoms with Crippen LogP contribution in [0.3, 0.4) is 0 Å². The van der Waals surface area contributed by atoms with Crippen LogP contribution in [0.25, 0.3) is 0 Å². The van der Waals surface area contributed by atoms with Gasteiger partial charge in [0.1, 0.15) is 11.7 Å². The maximum atomic E-state index is 13.7. The van der Waals surface area contributed by atoms with Gasteiger partial charge in [-0.25, -0.2) is 4.39 Å². The van der Waals surface area contributed by atoms with E-state index in [9.17, 15) is 18.8 Å². The van der Waals surface area contributed by atoms with E-state index in [2.05, 4.69) is 15.6 Å². The number of halogens is 2. The van der Waals surface area contributed by atoms with Gasteiger partial charge in [0.05, 0.1) is 10.7 Å². The standard InChI is InChI=1S/C23H17ClFN3O3/c24-18-3-1-14(10-19(18)25)9-17-21(29)16-11-15(2-4-20(16)28-23(17)31)22(30)27-12-13-5-7-26-8-6-13/h1-8,10-11,17H,9,12H2,(H,27,30)(H,28,31). The van der Waals surface area contributed by atoms with Crippen LogP contribution in [-0.4, -0.2) is 22.6 Å². The van der Waals surface area contributed by atoms with E-state index in [0.717, 1.165) is 5.56 Å². The van der Waals surface area contributed by atoms with E-state index in [0.29, 0.717) is 23.4 Å². The topological polar surface area (TPSA) is 88.2 Å². The third-order valence-electron chi connectivity index (χ3n) is 5.06. The molecule has 1 atom stereocenters. The third kappa shape index (κ3) is 4.46. The Hall–Kier alpha value is -3.58. The maximum Gasteiger partial charge on any atom is 0.251 e. The van der Waals surface area contributed by atoms with Gasteiger partial charge in [0, 0.05) is 30.1 Å². The summed E-state index contributed by atoms with van der Waals surface area (Å²) in [6.45, 7) is 0.313. The number of pyridine rings is 1. The minimum atomic E-state index is -1.02. The van der Waals surface area contributed by atoms with Crippen LogP contribution in [-0.2, 0) is 17.8 Å². The number of amides is 2. The van der Waals surface area contributed by atoms with E-state index < -0.39 is 23.4 Å². The van der Waals surface area contributed by atoms with Crippen molar-refractivity contribution >= 4 is 34.9 Å². The zero-order valence-electron chi connectivity index (χ0n) is 16.2. The van der Waals surface area contributed by atoms with Gasteiger partial charge in [0.2, 0.25) is 5.91 Å². The normalized spacial score (nSPS) is 15.2. The van der Waals surface area contributed by atoms with Gasteiger partial charge in [-0.3, -0.25) is 19.4 Å². The fraction of sp³-hybridized carbons (Fsp3) is 0.130. The van der Waals surface area contributed by atoms with Crippen LogP contribution in [0.1, 0.15) is 31.8 Å². The number of aromatic nitrogens is 1. The molecule has 6 nitrogen and oxygen atoms in total. The molecule has 2 heterocycles. The average molecular weight is 438 g/mol. The quantitative estimate of drug-likeness (QED) is 0.594. The molecule has 3 aromatic rings. The number of nitrogens with one attached hydrogen (secondary N) is 2. The lowest BCUT2D eigenvalue weighted by Crippen LogP contribution is -2.37. The molecule has 1 aromatic heterocycles. The predicted octanol–water partition coefficient (Wildman–Crippen LogP) is 3.80. The molecule has 0 spiro atoms. The lowest BCUT2D eigenvalue weighted by molar-refractivity contribution is -0.118. The number of carbonyl (C=O) groups is 3. The first-order valence-electron chi connectivity index (χ1n) is 9.52. The highest BCUT2D eigenvalue weighted by Gasteiger charge is 2.34. The Bertz CT molecular complexity index is 1180. The van der Waals surface area contributed by atoms with E-state index in [-0.39, 0.29) is 22.9 Å². The Balaban J connectivity index is 1.53. The minimum absolute atomic E-state index is 0.0245. The largest absolute Gasteiger partial charge is 0.348 e. The van der Waals surface area contributed by atoms with E-state index in [1.807, 2.05) is 0 Å². The highest BCUT2D eigenvalue weighted by Crippen LogP contribution is 2.29. The molecule has 31 heavy (non-hydrogen) atoms. The van der Waals surface area contributed by atoms with Crippen LogP contribution in [0.2, 0.25) is 5.02 Å². The molecule has 156 valence electrons. The van der Waals surface area contributed by atoms with Gasteiger partial charge < -0.3 is 10.6 Å². The first-order chi connectivity index (χ1) is 14.9. The molecule has 0 fully saturated rings. The van der Waals surface area contributed by atoms with Gasteiger partial charge >= 0.3 is 0 Å². The lowest BCUT2D eigenvalue weighted by Gasteiger charge is -2.24. The Morgan fingerprint density at radius 1 is 1.06 bits per heavy atom. The lowest BCUT2D eigenvalue weighted by atomic mass is 9.86. The minimum Gasteiger partial charge on any atom is -0.348 e. The SMILES string of the molecule is O=C(NCc1ccncc1)c1ccc2c(c1)C(=O)C(Cc1ccc(Cl)c(F)c1)C(=O)N2. The molecular weight excluding hydrogens is 421 g/mol. The van der Waals surface area contributed by atoms with Crippen molar-refractivity contribution < 1.29 is 18.8 Å². The van der Waals surface area contributed by atoms with Gasteiger partial charge in [-0.1, -0.05) is 17.7 Å². The second-order valence-electron chi connectivity index (χ2n) is 7.16. The van der Waals surface area contributed by atoms with Crippen LogP contribution < -0.4 is 10.6 Å². The Morgan fingerprint density at radius 3 is 2.58 bits per heavy atom. The van der Waals surface area contributed by atoms with Crippen molar-refractivity contribution in [2.24, 2.45) is 5.92 Å². The monoisotopic (exact) mass is 437 g/mol. The number of ketones is 1.